The first kappa shape index (κ1) is 13.4. The highest BCUT2D eigenvalue weighted by Gasteiger charge is 2.36. The van der Waals surface area contributed by atoms with Gasteiger partial charge in [-0.1, -0.05) is 17.7 Å². The fourth-order valence-corrected chi connectivity index (χ4v) is 4.03. The van der Waals surface area contributed by atoms with Gasteiger partial charge in [0, 0.05) is 30.8 Å². The van der Waals surface area contributed by atoms with Crippen molar-refractivity contribution in [2.24, 2.45) is 5.92 Å². The Balaban J connectivity index is 1.69. The van der Waals surface area contributed by atoms with E-state index in [-0.39, 0.29) is 0 Å². The van der Waals surface area contributed by atoms with E-state index in [1.807, 2.05) is 6.07 Å². The molecule has 1 aromatic rings. The normalized spacial score (nSPS) is 30.8. The summed E-state index contributed by atoms with van der Waals surface area (Å²) < 4.78 is 5.32. The van der Waals surface area contributed by atoms with E-state index in [1.165, 1.54) is 30.5 Å². The van der Waals surface area contributed by atoms with Crippen LogP contribution in [0.5, 0.6) is 0 Å². The number of hydrogen-bond donors (Lipinski definition) is 0. The Morgan fingerprint density at radius 3 is 2.89 bits per heavy atom. The van der Waals surface area contributed by atoms with E-state index < -0.39 is 0 Å². The Kier molecular flexibility index (Phi) is 3.84. The molecule has 3 unspecified atom stereocenters. The van der Waals surface area contributed by atoms with Crippen LogP contribution >= 0.6 is 11.6 Å². The van der Waals surface area contributed by atoms with Gasteiger partial charge in [-0.15, -0.1) is 0 Å². The summed E-state index contributed by atoms with van der Waals surface area (Å²) >= 11 is 6.09. The van der Waals surface area contributed by atoms with E-state index in [4.69, 9.17) is 16.3 Å². The Morgan fingerprint density at radius 2 is 2.11 bits per heavy atom. The summed E-state index contributed by atoms with van der Waals surface area (Å²) in [5.41, 5.74) is 2.93. The molecule has 0 N–H and O–H groups in total. The van der Waals surface area contributed by atoms with Crippen molar-refractivity contribution in [1.29, 1.82) is 0 Å². The molecule has 1 aliphatic heterocycles. The van der Waals surface area contributed by atoms with Gasteiger partial charge in [-0.3, -0.25) is 4.90 Å². The van der Waals surface area contributed by atoms with Crippen molar-refractivity contribution < 1.29 is 4.74 Å². The van der Waals surface area contributed by atoms with E-state index in [9.17, 15) is 0 Å². The molecule has 1 fully saturated rings. The van der Waals surface area contributed by atoms with Crippen molar-refractivity contribution in [1.82, 2.24) is 4.90 Å². The van der Waals surface area contributed by atoms with Crippen LogP contribution < -0.4 is 0 Å². The SMILES string of the molecule is COCC1CC(C)N(C2Cc3ccc(Cl)cc3C2)C1. The third-order valence-electron chi connectivity index (χ3n) is 4.66. The molecule has 0 bridgehead atoms. The van der Waals surface area contributed by atoms with Crippen LogP contribution in [0.15, 0.2) is 18.2 Å². The van der Waals surface area contributed by atoms with Gasteiger partial charge in [0.25, 0.3) is 0 Å². The maximum absolute atomic E-state index is 6.09. The summed E-state index contributed by atoms with van der Waals surface area (Å²) in [7, 11) is 1.81. The van der Waals surface area contributed by atoms with Gasteiger partial charge in [-0.05, 0) is 55.4 Å². The number of hydrogen-bond acceptors (Lipinski definition) is 2. The molecule has 2 aliphatic rings. The smallest absolute Gasteiger partial charge is 0.0503 e. The largest absolute Gasteiger partial charge is 0.384 e. The first-order chi connectivity index (χ1) is 9.17. The summed E-state index contributed by atoms with van der Waals surface area (Å²) in [6, 6.07) is 7.69. The average Bonchev–Trinajstić information content (AvgIpc) is 2.92. The maximum atomic E-state index is 6.09. The molecular weight excluding hydrogens is 258 g/mol. The van der Waals surface area contributed by atoms with Crippen LogP contribution in [-0.4, -0.2) is 37.2 Å². The van der Waals surface area contributed by atoms with Crippen LogP contribution in [0.2, 0.25) is 5.02 Å². The van der Waals surface area contributed by atoms with Crippen molar-refractivity contribution in [3.63, 3.8) is 0 Å². The highest BCUT2D eigenvalue weighted by Crippen LogP contribution is 2.33. The van der Waals surface area contributed by atoms with E-state index in [2.05, 4.69) is 24.0 Å². The van der Waals surface area contributed by atoms with Gasteiger partial charge < -0.3 is 4.74 Å². The van der Waals surface area contributed by atoms with E-state index >= 15 is 0 Å². The van der Waals surface area contributed by atoms with Crippen LogP contribution in [0.1, 0.15) is 24.5 Å². The quantitative estimate of drug-likeness (QED) is 0.843. The van der Waals surface area contributed by atoms with Crippen LogP contribution in [0.25, 0.3) is 0 Å². The molecule has 3 rings (SSSR count). The molecule has 2 nitrogen and oxygen atoms in total. The van der Waals surface area contributed by atoms with Gasteiger partial charge >= 0.3 is 0 Å². The fraction of sp³-hybridized carbons (Fsp3) is 0.625. The lowest BCUT2D eigenvalue weighted by atomic mass is 10.1. The zero-order valence-corrected chi connectivity index (χ0v) is 12.5. The number of benzene rings is 1. The van der Waals surface area contributed by atoms with Crippen LogP contribution in [-0.2, 0) is 17.6 Å². The zero-order valence-electron chi connectivity index (χ0n) is 11.7. The predicted octanol–water partition coefficient (Wildman–Crippen LogP) is 3.16. The molecule has 0 aromatic heterocycles. The molecule has 0 amide bonds. The predicted molar refractivity (Wildman–Crippen MR) is 78.8 cm³/mol. The topological polar surface area (TPSA) is 12.5 Å². The van der Waals surface area contributed by atoms with Crippen molar-refractivity contribution in [2.75, 3.05) is 20.3 Å². The number of ether oxygens (including phenoxy) is 1. The lowest BCUT2D eigenvalue weighted by Crippen LogP contribution is -2.38. The van der Waals surface area contributed by atoms with Crippen LogP contribution in [0.3, 0.4) is 0 Å². The molecule has 104 valence electrons. The van der Waals surface area contributed by atoms with Crippen molar-refractivity contribution in [3.05, 3.63) is 34.3 Å². The minimum Gasteiger partial charge on any atom is -0.384 e. The lowest BCUT2D eigenvalue weighted by molar-refractivity contribution is 0.144. The number of nitrogens with zero attached hydrogens (tertiary/aromatic N) is 1. The number of rotatable bonds is 3. The van der Waals surface area contributed by atoms with Gasteiger partial charge in [0.05, 0.1) is 6.61 Å². The fourth-order valence-electron chi connectivity index (χ4n) is 3.83. The molecule has 1 aromatic carbocycles. The van der Waals surface area contributed by atoms with E-state index in [1.54, 1.807) is 7.11 Å². The molecule has 3 atom stereocenters. The van der Waals surface area contributed by atoms with Crippen molar-refractivity contribution in [3.8, 4) is 0 Å². The highest BCUT2D eigenvalue weighted by atomic mass is 35.5. The molecule has 1 heterocycles. The summed E-state index contributed by atoms with van der Waals surface area (Å²) in [5, 5.41) is 0.867. The molecule has 0 saturated carbocycles. The highest BCUT2D eigenvalue weighted by molar-refractivity contribution is 6.30. The first-order valence-corrected chi connectivity index (χ1v) is 7.57. The molecule has 0 spiro atoms. The van der Waals surface area contributed by atoms with Gasteiger partial charge in [0.2, 0.25) is 0 Å². The van der Waals surface area contributed by atoms with Crippen molar-refractivity contribution >= 4 is 11.6 Å². The molecular formula is C16H22ClNO. The summed E-state index contributed by atoms with van der Waals surface area (Å²) in [4.78, 5) is 2.68. The summed E-state index contributed by atoms with van der Waals surface area (Å²) in [5.74, 6) is 0.701. The van der Waals surface area contributed by atoms with Gasteiger partial charge in [0.15, 0.2) is 0 Å². The van der Waals surface area contributed by atoms with Crippen LogP contribution in [0, 0.1) is 5.92 Å². The van der Waals surface area contributed by atoms with Gasteiger partial charge in [-0.25, -0.2) is 0 Å². The van der Waals surface area contributed by atoms with E-state index in [0.29, 0.717) is 18.0 Å². The maximum Gasteiger partial charge on any atom is 0.0503 e. The molecule has 19 heavy (non-hydrogen) atoms. The monoisotopic (exact) mass is 279 g/mol. The molecule has 1 saturated heterocycles. The van der Waals surface area contributed by atoms with E-state index in [0.717, 1.165) is 18.1 Å². The molecule has 0 radical (unpaired) electrons. The number of fused-ring (bicyclic) bond motifs is 1. The van der Waals surface area contributed by atoms with Gasteiger partial charge in [-0.2, -0.15) is 0 Å². The second-order valence-electron chi connectivity index (χ2n) is 6.08. The summed E-state index contributed by atoms with van der Waals surface area (Å²) in [6.07, 6.45) is 3.60. The standard InChI is InChI=1S/C16H22ClNO/c1-11-5-12(10-19-2)9-18(11)16-7-13-3-4-15(17)6-14(13)8-16/h3-4,6,11-12,16H,5,7-10H2,1-2H3. The minimum atomic E-state index is 0.658. The number of likely N-dealkylation sites (tertiary alicyclic amines) is 1. The third-order valence-corrected chi connectivity index (χ3v) is 4.90. The lowest BCUT2D eigenvalue weighted by Gasteiger charge is -2.28. The third kappa shape index (κ3) is 2.67. The molecule has 1 aliphatic carbocycles. The Labute approximate surface area is 120 Å². The Bertz CT molecular complexity index is 462. The average molecular weight is 280 g/mol. The minimum absolute atomic E-state index is 0.658. The van der Waals surface area contributed by atoms with Gasteiger partial charge in [0.1, 0.15) is 0 Å². The Hall–Kier alpha value is -0.570. The number of methoxy groups -OCH3 is 1. The second-order valence-corrected chi connectivity index (χ2v) is 6.51. The second kappa shape index (κ2) is 5.43. The number of halogens is 1. The zero-order chi connectivity index (χ0) is 13.4. The molecule has 3 heteroatoms. The Morgan fingerprint density at radius 1 is 1.32 bits per heavy atom. The first-order valence-electron chi connectivity index (χ1n) is 7.19. The summed E-state index contributed by atoms with van der Waals surface area (Å²) in [6.45, 7) is 4.43. The van der Waals surface area contributed by atoms with Crippen LogP contribution in [0.4, 0.5) is 0 Å². The van der Waals surface area contributed by atoms with Crippen molar-refractivity contribution in [2.45, 2.75) is 38.3 Å².